The molecule has 9 nitrogen and oxygen atoms in total. The van der Waals surface area contributed by atoms with E-state index in [0.29, 0.717) is 5.75 Å². The molecule has 0 aliphatic carbocycles. The predicted molar refractivity (Wildman–Crippen MR) is 88.9 cm³/mol. The van der Waals surface area contributed by atoms with Crippen molar-refractivity contribution >= 4 is 27.6 Å². The number of aliphatic carboxylic acids is 1. The van der Waals surface area contributed by atoms with Gasteiger partial charge in [-0.25, -0.2) is 13.2 Å². The number of benzene rings is 1. The third-order valence-corrected chi connectivity index (χ3v) is 6.17. The van der Waals surface area contributed by atoms with Gasteiger partial charge in [0.1, 0.15) is 11.8 Å². The van der Waals surface area contributed by atoms with Gasteiger partial charge < -0.3 is 20.1 Å². The number of rotatable bonds is 5. The molecule has 0 bridgehead atoms. The second kappa shape index (κ2) is 6.45. The summed E-state index contributed by atoms with van der Waals surface area (Å²) in [5.41, 5.74) is -0.0840. The lowest BCUT2D eigenvalue weighted by Gasteiger charge is -2.51. The lowest BCUT2D eigenvalue weighted by molar-refractivity contribution is -0.160. The van der Waals surface area contributed by atoms with Crippen LogP contribution in [0.2, 0.25) is 0 Å². The molecule has 0 radical (unpaired) electrons. The Labute approximate surface area is 149 Å². The summed E-state index contributed by atoms with van der Waals surface area (Å²) in [6, 6.07) is 5.74. The summed E-state index contributed by atoms with van der Waals surface area (Å²) in [6.07, 6.45) is 0. The van der Waals surface area contributed by atoms with Gasteiger partial charge in [0.2, 0.25) is 0 Å². The first kappa shape index (κ1) is 17.9. The topological polar surface area (TPSA) is 130 Å². The van der Waals surface area contributed by atoms with Gasteiger partial charge in [-0.15, -0.1) is 0 Å². The van der Waals surface area contributed by atoms with Gasteiger partial charge in [0.25, 0.3) is 11.8 Å². The maximum atomic E-state index is 12.3. The van der Waals surface area contributed by atoms with Crippen molar-refractivity contribution in [3.05, 3.63) is 42.5 Å². The number of para-hydroxylation sites is 1. The van der Waals surface area contributed by atoms with E-state index in [1.54, 1.807) is 30.3 Å². The van der Waals surface area contributed by atoms with Crippen LogP contribution in [0.3, 0.4) is 0 Å². The van der Waals surface area contributed by atoms with E-state index < -0.39 is 57.4 Å². The van der Waals surface area contributed by atoms with Crippen LogP contribution in [0.1, 0.15) is 0 Å². The van der Waals surface area contributed by atoms with E-state index in [1.165, 1.54) is 0 Å². The van der Waals surface area contributed by atoms with Crippen molar-refractivity contribution in [2.45, 2.75) is 17.5 Å². The number of nitrogens with one attached hydrogen (secondary N) is 1. The molecular formula is C16H16N2O7S. The highest BCUT2D eigenvalue weighted by Crippen LogP contribution is 2.36. The first-order chi connectivity index (χ1) is 12.2. The average Bonchev–Trinajstić information content (AvgIpc) is 2.57. The number of β-lactam (4-membered cyclic amide) rings is 1. The van der Waals surface area contributed by atoms with Gasteiger partial charge in [-0.2, -0.15) is 0 Å². The molecular weight excluding hydrogens is 364 g/mol. The normalized spacial score (nSPS) is 26.5. The number of ether oxygens (including phenoxy) is 1. The van der Waals surface area contributed by atoms with Gasteiger partial charge in [-0.05, 0) is 17.7 Å². The van der Waals surface area contributed by atoms with E-state index in [9.17, 15) is 27.9 Å². The Bertz CT molecular complexity index is 881. The molecule has 2 fully saturated rings. The molecule has 2 unspecified atom stereocenters. The van der Waals surface area contributed by atoms with Crippen LogP contribution >= 0.6 is 0 Å². The average molecular weight is 380 g/mol. The van der Waals surface area contributed by atoms with Crippen LogP contribution in [0.5, 0.6) is 5.75 Å². The monoisotopic (exact) mass is 380 g/mol. The fraction of sp³-hybridized carbons (Fsp3) is 0.312. The fourth-order valence-corrected chi connectivity index (χ4v) is 5.08. The van der Waals surface area contributed by atoms with Gasteiger partial charge in [0.05, 0.1) is 5.75 Å². The number of carboxylic acid groups (broad SMARTS) is 1. The van der Waals surface area contributed by atoms with Crippen molar-refractivity contribution in [2.75, 3.05) is 12.4 Å². The predicted octanol–water partition coefficient (Wildman–Crippen LogP) is -0.844. The van der Waals surface area contributed by atoms with E-state index in [4.69, 9.17) is 4.74 Å². The Morgan fingerprint density at radius 3 is 2.58 bits per heavy atom. The van der Waals surface area contributed by atoms with Crippen LogP contribution in [0, 0.1) is 0 Å². The van der Waals surface area contributed by atoms with Gasteiger partial charge in [-0.3, -0.25) is 9.59 Å². The highest BCUT2D eigenvalue weighted by molar-refractivity contribution is 7.92. The van der Waals surface area contributed by atoms with E-state index in [0.717, 1.165) is 4.90 Å². The highest BCUT2D eigenvalue weighted by Gasteiger charge is 2.62. The van der Waals surface area contributed by atoms with Crippen molar-refractivity contribution in [3.63, 3.8) is 0 Å². The minimum atomic E-state index is -3.85. The Hall–Kier alpha value is -2.88. The summed E-state index contributed by atoms with van der Waals surface area (Å²) in [4.78, 5) is 36.3. The number of hydrogen-bond donors (Lipinski definition) is 2. The zero-order chi connectivity index (χ0) is 19.1. The third kappa shape index (κ3) is 3.03. The van der Waals surface area contributed by atoms with Gasteiger partial charge in [0.15, 0.2) is 27.9 Å². The third-order valence-electron chi connectivity index (χ3n) is 4.16. The Morgan fingerprint density at radius 1 is 1.31 bits per heavy atom. The van der Waals surface area contributed by atoms with Crippen molar-refractivity contribution in [3.8, 4) is 5.75 Å². The molecule has 2 heterocycles. The number of amides is 2. The first-order valence-electron chi connectivity index (χ1n) is 7.64. The van der Waals surface area contributed by atoms with Crippen molar-refractivity contribution in [2.24, 2.45) is 0 Å². The molecule has 1 aromatic rings. The largest absolute Gasteiger partial charge is 0.484 e. The number of sulfone groups is 1. The van der Waals surface area contributed by atoms with E-state index in [2.05, 4.69) is 11.9 Å². The lowest BCUT2D eigenvalue weighted by Crippen LogP contribution is -2.78. The molecule has 138 valence electrons. The van der Waals surface area contributed by atoms with Gasteiger partial charge in [-0.1, -0.05) is 24.8 Å². The molecule has 2 saturated heterocycles. The summed E-state index contributed by atoms with van der Waals surface area (Å²) in [5.74, 6) is -2.93. The summed E-state index contributed by atoms with van der Waals surface area (Å²) >= 11 is 0. The van der Waals surface area contributed by atoms with E-state index in [1.807, 2.05) is 0 Å². The van der Waals surface area contributed by atoms with Crippen molar-refractivity contribution < 1.29 is 32.6 Å². The summed E-state index contributed by atoms with van der Waals surface area (Å²) < 4.78 is 29.9. The Morgan fingerprint density at radius 2 is 1.96 bits per heavy atom. The number of carbonyl (C=O) groups is 3. The fourth-order valence-electron chi connectivity index (χ4n) is 3.07. The number of fused-ring (bicyclic) bond motifs is 1. The van der Waals surface area contributed by atoms with Crippen molar-refractivity contribution in [1.82, 2.24) is 10.2 Å². The number of carbonyl (C=O) groups excluding carboxylic acids is 2. The summed E-state index contributed by atoms with van der Waals surface area (Å²) in [5, 5.41) is 10.1. The number of nitrogens with zero attached hydrogens (tertiary/aromatic N) is 1. The minimum Gasteiger partial charge on any atom is -0.484 e. The number of carboxylic acids is 1. The zero-order valence-electron chi connectivity index (χ0n) is 13.5. The second-order valence-corrected chi connectivity index (χ2v) is 8.09. The molecule has 0 saturated carbocycles. The standard InChI is InChI=1S/C16H16N2O7S/c1-9-8-26(23,24)15-12(14(20)18(15)13(9)16(21)22)17-11(19)7-25-10-5-3-2-4-6-10/h2-6,12-13,15H,1,7-8H2,(H,17,19)(H,21,22)/t12?,13?,15-/m0/s1. The molecule has 0 spiro atoms. The quantitative estimate of drug-likeness (QED) is 0.503. The maximum Gasteiger partial charge on any atom is 0.330 e. The molecule has 2 amide bonds. The van der Waals surface area contributed by atoms with Crippen molar-refractivity contribution in [1.29, 1.82) is 0 Å². The molecule has 3 atom stereocenters. The van der Waals surface area contributed by atoms with Crippen LogP contribution < -0.4 is 10.1 Å². The van der Waals surface area contributed by atoms with Crippen LogP contribution in [-0.4, -0.2) is 66.0 Å². The molecule has 26 heavy (non-hydrogen) atoms. The highest BCUT2D eigenvalue weighted by atomic mass is 32.2. The SMILES string of the molecule is C=C1CS(=O)(=O)[C@H]2C(NC(=O)COc3ccccc3)C(=O)N2C1C(=O)O. The van der Waals surface area contributed by atoms with E-state index in [-0.39, 0.29) is 5.57 Å². The van der Waals surface area contributed by atoms with Crippen LogP contribution in [0.25, 0.3) is 0 Å². The maximum absolute atomic E-state index is 12.3. The minimum absolute atomic E-state index is 0.0840. The summed E-state index contributed by atoms with van der Waals surface area (Å²) in [7, 11) is -3.85. The lowest BCUT2D eigenvalue weighted by atomic mass is 9.98. The molecule has 2 aliphatic rings. The Balaban J connectivity index is 1.70. The van der Waals surface area contributed by atoms with Gasteiger partial charge >= 0.3 is 5.97 Å². The zero-order valence-corrected chi connectivity index (χ0v) is 14.3. The molecule has 3 rings (SSSR count). The molecule has 1 aromatic carbocycles. The van der Waals surface area contributed by atoms with Crippen LogP contribution in [0.15, 0.2) is 42.5 Å². The van der Waals surface area contributed by atoms with Crippen LogP contribution in [-0.2, 0) is 24.2 Å². The second-order valence-electron chi connectivity index (χ2n) is 5.99. The molecule has 2 aliphatic heterocycles. The smallest absolute Gasteiger partial charge is 0.330 e. The Kier molecular flexibility index (Phi) is 4.45. The van der Waals surface area contributed by atoms with E-state index >= 15 is 0 Å². The summed E-state index contributed by atoms with van der Waals surface area (Å²) in [6.45, 7) is 3.05. The molecule has 10 heteroatoms. The molecule has 2 N–H and O–H groups in total. The first-order valence-corrected chi connectivity index (χ1v) is 9.35. The van der Waals surface area contributed by atoms with Crippen LogP contribution in [0.4, 0.5) is 0 Å². The number of hydrogen-bond acceptors (Lipinski definition) is 6. The molecule has 0 aromatic heterocycles. The van der Waals surface area contributed by atoms with Gasteiger partial charge in [0, 0.05) is 0 Å².